The van der Waals surface area contributed by atoms with Gasteiger partial charge in [-0.15, -0.1) is 0 Å². The second-order valence-corrected chi connectivity index (χ2v) is 4.09. The van der Waals surface area contributed by atoms with Crippen LogP contribution < -0.4 is 16.8 Å². The quantitative estimate of drug-likeness (QED) is 0.326. The van der Waals surface area contributed by atoms with E-state index >= 15 is 0 Å². The van der Waals surface area contributed by atoms with Crippen molar-refractivity contribution in [2.24, 2.45) is 11.5 Å². The summed E-state index contributed by atoms with van der Waals surface area (Å²) in [5.41, 5.74) is 11.2. The summed E-state index contributed by atoms with van der Waals surface area (Å²) in [4.78, 5) is 11.0. The van der Waals surface area contributed by atoms with Gasteiger partial charge in [0.15, 0.2) is 0 Å². The zero-order chi connectivity index (χ0) is 12.4. The number of unbranched alkanes of at least 4 members (excludes halogenated alkanes) is 2. The number of carboxylic acids is 1. The third-order valence-electron chi connectivity index (χ3n) is 2.53. The number of hydrogen-bond acceptors (Lipinski definition) is 4. The van der Waals surface area contributed by atoms with Crippen LogP contribution in [0.15, 0.2) is 0 Å². The Labute approximate surface area is 97.6 Å². The SMILES string of the molecule is CCCCC(N)N[C@@H](CCCCN)C(=O)O. The lowest BCUT2D eigenvalue weighted by Gasteiger charge is -2.19. The van der Waals surface area contributed by atoms with Gasteiger partial charge in [0.25, 0.3) is 0 Å². The van der Waals surface area contributed by atoms with Crippen LogP contribution in [0.25, 0.3) is 0 Å². The first kappa shape index (κ1) is 15.3. The summed E-state index contributed by atoms with van der Waals surface area (Å²) < 4.78 is 0. The van der Waals surface area contributed by atoms with Gasteiger partial charge in [0.1, 0.15) is 6.04 Å². The molecule has 0 radical (unpaired) electrons. The van der Waals surface area contributed by atoms with Crippen LogP contribution in [0.4, 0.5) is 0 Å². The molecule has 0 saturated heterocycles. The van der Waals surface area contributed by atoms with Crippen molar-refractivity contribution in [2.45, 2.75) is 57.7 Å². The second kappa shape index (κ2) is 9.57. The molecule has 0 aromatic rings. The largest absolute Gasteiger partial charge is 0.480 e. The zero-order valence-electron chi connectivity index (χ0n) is 10.1. The molecule has 0 aliphatic heterocycles. The van der Waals surface area contributed by atoms with Crippen molar-refractivity contribution in [2.75, 3.05) is 6.54 Å². The van der Waals surface area contributed by atoms with Crippen LogP contribution >= 0.6 is 0 Å². The average molecular weight is 231 g/mol. The summed E-state index contributed by atoms with van der Waals surface area (Å²) >= 11 is 0. The Morgan fingerprint density at radius 3 is 2.50 bits per heavy atom. The normalized spacial score (nSPS) is 14.7. The lowest BCUT2D eigenvalue weighted by molar-refractivity contribution is -0.140. The van der Waals surface area contributed by atoms with Crippen LogP contribution in [0.2, 0.25) is 0 Å². The fraction of sp³-hybridized carbons (Fsp3) is 0.909. The van der Waals surface area contributed by atoms with Crippen LogP contribution in [0.3, 0.4) is 0 Å². The van der Waals surface area contributed by atoms with E-state index in [0.29, 0.717) is 13.0 Å². The van der Waals surface area contributed by atoms with E-state index in [0.717, 1.165) is 32.1 Å². The highest BCUT2D eigenvalue weighted by Crippen LogP contribution is 2.03. The van der Waals surface area contributed by atoms with E-state index in [1.807, 2.05) is 0 Å². The van der Waals surface area contributed by atoms with Gasteiger partial charge in [-0.2, -0.15) is 0 Å². The molecule has 0 aliphatic rings. The fourth-order valence-electron chi connectivity index (χ4n) is 1.54. The number of rotatable bonds is 10. The molecule has 5 heteroatoms. The van der Waals surface area contributed by atoms with Gasteiger partial charge in [-0.05, 0) is 25.8 Å². The fourth-order valence-corrected chi connectivity index (χ4v) is 1.54. The lowest BCUT2D eigenvalue weighted by atomic mass is 10.1. The van der Waals surface area contributed by atoms with E-state index in [4.69, 9.17) is 16.6 Å². The number of carbonyl (C=O) groups is 1. The zero-order valence-corrected chi connectivity index (χ0v) is 10.1. The number of aliphatic carboxylic acids is 1. The van der Waals surface area contributed by atoms with Crippen LogP contribution in [-0.4, -0.2) is 29.8 Å². The van der Waals surface area contributed by atoms with Gasteiger partial charge >= 0.3 is 5.97 Å². The lowest BCUT2D eigenvalue weighted by Crippen LogP contribution is -2.47. The maximum Gasteiger partial charge on any atom is 0.320 e. The van der Waals surface area contributed by atoms with Crippen LogP contribution in [0, 0.1) is 0 Å². The van der Waals surface area contributed by atoms with Gasteiger partial charge < -0.3 is 16.6 Å². The highest BCUT2D eigenvalue weighted by Gasteiger charge is 2.18. The predicted molar refractivity (Wildman–Crippen MR) is 65.0 cm³/mol. The minimum Gasteiger partial charge on any atom is -0.480 e. The minimum atomic E-state index is -0.830. The molecule has 0 fully saturated rings. The summed E-state index contributed by atoms with van der Waals surface area (Å²) in [5.74, 6) is -0.830. The number of hydrogen-bond donors (Lipinski definition) is 4. The number of nitrogens with two attached hydrogens (primary N) is 2. The van der Waals surface area contributed by atoms with E-state index in [9.17, 15) is 4.79 Å². The highest BCUT2D eigenvalue weighted by atomic mass is 16.4. The van der Waals surface area contributed by atoms with Crippen molar-refractivity contribution in [3.63, 3.8) is 0 Å². The highest BCUT2D eigenvalue weighted by molar-refractivity contribution is 5.73. The smallest absolute Gasteiger partial charge is 0.320 e. The minimum absolute atomic E-state index is 0.223. The average Bonchev–Trinajstić information content (AvgIpc) is 2.25. The Kier molecular flexibility index (Phi) is 9.18. The van der Waals surface area contributed by atoms with Crippen molar-refractivity contribution < 1.29 is 9.90 Å². The Balaban J connectivity index is 3.87. The van der Waals surface area contributed by atoms with Crippen molar-refractivity contribution in [3.05, 3.63) is 0 Å². The molecule has 0 saturated carbocycles. The second-order valence-electron chi connectivity index (χ2n) is 4.09. The standard InChI is InChI=1S/C11H25N3O2/c1-2-3-7-10(13)14-9(11(15)16)6-4-5-8-12/h9-10,14H,2-8,12-13H2,1H3,(H,15,16)/t9-,10?/m0/s1. The van der Waals surface area contributed by atoms with Gasteiger partial charge in [0, 0.05) is 0 Å². The van der Waals surface area contributed by atoms with Crippen molar-refractivity contribution in [1.82, 2.24) is 5.32 Å². The monoisotopic (exact) mass is 231 g/mol. The molecule has 1 unspecified atom stereocenters. The van der Waals surface area contributed by atoms with Crippen molar-refractivity contribution >= 4 is 5.97 Å². The molecule has 0 aromatic heterocycles. The van der Waals surface area contributed by atoms with Crippen LogP contribution in [0.5, 0.6) is 0 Å². The maximum absolute atomic E-state index is 11.0. The van der Waals surface area contributed by atoms with Gasteiger partial charge in [0.2, 0.25) is 0 Å². The molecule has 0 spiro atoms. The predicted octanol–water partition coefficient (Wildman–Crippen LogP) is 0.633. The first-order chi connectivity index (χ1) is 7.61. The van der Waals surface area contributed by atoms with Crippen LogP contribution in [-0.2, 0) is 4.79 Å². The summed E-state index contributed by atoms with van der Waals surface area (Å²) in [7, 11) is 0. The first-order valence-corrected chi connectivity index (χ1v) is 6.06. The molecule has 0 aliphatic carbocycles. The van der Waals surface area contributed by atoms with E-state index in [-0.39, 0.29) is 6.17 Å². The van der Waals surface area contributed by atoms with Gasteiger partial charge in [-0.3, -0.25) is 10.1 Å². The third-order valence-corrected chi connectivity index (χ3v) is 2.53. The molecule has 0 aromatic carbocycles. The molecule has 16 heavy (non-hydrogen) atoms. The Bertz CT molecular complexity index is 188. The summed E-state index contributed by atoms with van der Waals surface area (Å²) in [6.45, 7) is 2.69. The molecular weight excluding hydrogens is 206 g/mol. The van der Waals surface area contributed by atoms with E-state index in [1.54, 1.807) is 0 Å². The molecule has 0 heterocycles. The van der Waals surface area contributed by atoms with E-state index < -0.39 is 12.0 Å². The van der Waals surface area contributed by atoms with Gasteiger partial charge in [-0.1, -0.05) is 26.2 Å². The molecule has 6 N–H and O–H groups in total. The van der Waals surface area contributed by atoms with E-state index in [2.05, 4.69) is 12.2 Å². The Morgan fingerprint density at radius 2 is 2.00 bits per heavy atom. The molecule has 0 amide bonds. The van der Waals surface area contributed by atoms with Gasteiger partial charge in [0.05, 0.1) is 6.17 Å². The third kappa shape index (κ3) is 7.62. The molecule has 2 atom stereocenters. The molecular formula is C11H25N3O2. The molecule has 5 nitrogen and oxygen atoms in total. The molecule has 96 valence electrons. The topological polar surface area (TPSA) is 101 Å². The summed E-state index contributed by atoms with van der Waals surface area (Å²) in [5, 5.41) is 11.9. The Morgan fingerprint density at radius 1 is 1.31 bits per heavy atom. The van der Waals surface area contributed by atoms with Crippen molar-refractivity contribution in [1.29, 1.82) is 0 Å². The summed E-state index contributed by atoms with van der Waals surface area (Å²) in [6, 6.07) is -0.543. The van der Waals surface area contributed by atoms with Crippen molar-refractivity contribution in [3.8, 4) is 0 Å². The Hall–Kier alpha value is -0.650. The first-order valence-electron chi connectivity index (χ1n) is 6.06. The number of carboxylic acid groups (broad SMARTS) is 1. The number of nitrogens with one attached hydrogen (secondary N) is 1. The molecule has 0 rings (SSSR count). The summed E-state index contributed by atoms with van der Waals surface area (Å²) in [6.07, 6.45) is 4.95. The van der Waals surface area contributed by atoms with Crippen LogP contribution in [0.1, 0.15) is 45.4 Å². The van der Waals surface area contributed by atoms with E-state index in [1.165, 1.54) is 0 Å². The van der Waals surface area contributed by atoms with Gasteiger partial charge in [-0.25, -0.2) is 0 Å². The molecule has 0 bridgehead atoms. The maximum atomic E-state index is 11.0.